The summed E-state index contributed by atoms with van der Waals surface area (Å²) in [6, 6.07) is 4.60. The number of nitro groups is 1. The van der Waals surface area contributed by atoms with Crippen LogP contribution in [0.4, 0.5) is 5.69 Å². The number of hydrogen-bond donors (Lipinski definition) is 0. The molecule has 0 spiro atoms. The number of methoxy groups -OCH3 is 1. The molecule has 0 bridgehead atoms. The zero-order chi connectivity index (χ0) is 15.0. The van der Waals surface area contributed by atoms with Crippen LogP contribution < -0.4 is 4.74 Å². The molecule has 1 aromatic rings. The minimum Gasteiger partial charge on any atom is -0.490 e. The molecule has 6 heteroatoms. The zero-order valence-corrected chi connectivity index (χ0v) is 11.2. The van der Waals surface area contributed by atoms with Crippen molar-refractivity contribution in [2.45, 2.75) is 6.92 Å². The molecule has 0 saturated heterocycles. The molecule has 0 atom stereocenters. The van der Waals surface area contributed by atoms with Crippen LogP contribution in [0.3, 0.4) is 0 Å². The second kappa shape index (κ2) is 7.73. The van der Waals surface area contributed by atoms with E-state index in [-0.39, 0.29) is 11.4 Å². The van der Waals surface area contributed by atoms with Gasteiger partial charge in [-0.05, 0) is 18.6 Å². The summed E-state index contributed by atoms with van der Waals surface area (Å²) < 4.78 is 9.61. The molecule has 0 aliphatic rings. The number of benzene rings is 1. The number of nitrogens with zero attached hydrogens (tertiary/aromatic N) is 1. The summed E-state index contributed by atoms with van der Waals surface area (Å²) >= 11 is 0. The first-order valence-electron chi connectivity index (χ1n) is 5.92. The Morgan fingerprint density at radius 2 is 2.15 bits per heavy atom. The van der Waals surface area contributed by atoms with Gasteiger partial charge in [0.25, 0.3) is 0 Å². The second-order valence-corrected chi connectivity index (χ2v) is 3.66. The molecule has 0 aliphatic carbocycles. The first-order chi connectivity index (χ1) is 9.58. The molecule has 0 amide bonds. The van der Waals surface area contributed by atoms with Gasteiger partial charge in [-0.15, -0.1) is 0 Å². The van der Waals surface area contributed by atoms with Gasteiger partial charge in [0.15, 0.2) is 5.75 Å². The van der Waals surface area contributed by atoms with E-state index in [0.717, 1.165) is 0 Å². The van der Waals surface area contributed by atoms with Crippen LogP contribution >= 0.6 is 0 Å². The van der Waals surface area contributed by atoms with Crippen LogP contribution in [0.2, 0.25) is 0 Å². The van der Waals surface area contributed by atoms with Crippen molar-refractivity contribution in [3.05, 3.63) is 52.1 Å². The number of ether oxygens (including phenoxy) is 2. The third kappa shape index (κ3) is 4.56. The molecular formula is C14H15NO5. The van der Waals surface area contributed by atoms with Gasteiger partial charge in [0.05, 0.1) is 18.6 Å². The highest BCUT2D eigenvalue weighted by Gasteiger charge is 2.13. The molecule has 0 radical (unpaired) electrons. The zero-order valence-electron chi connectivity index (χ0n) is 11.2. The fourth-order valence-corrected chi connectivity index (χ4v) is 1.44. The van der Waals surface area contributed by atoms with Gasteiger partial charge in [0.1, 0.15) is 0 Å². The Labute approximate surface area is 116 Å². The number of allylic oxidation sites excluding steroid dienone is 2. The van der Waals surface area contributed by atoms with Crippen molar-refractivity contribution in [3.8, 4) is 5.75 Å². The van der Waals surface area contributed by atoms with E-state index in [4.69, 9.17) is 9.47 Å². The van der Waals surface area contributed by atoms with Crippen molar-refractivity contribution < 1.29 is 19.2 Å². The Morgan fingerprint density at radius 1 is 1.40 bits per heavy atom. The summed E-state index contributed by atoms with van der Waals surface area (Å²) in [5, 5.41) is 10.9. The van der Waals surface area contributed by atoms with Crippen LogP contribution in [-0.2, 0) is 9.53 Å². The fourth-order valence-electron chi connectivity index (χ4n) is 1.44. The number of hydrogen-bond acceptors (Lipinski definition) is 5. The highest BCUT2D eigenvalue weighted by molar-refractivity contribution is 5.82. The van der Waals surface area contributed by atoms with E-state index in [1.807, 2.05) is 0 Å². The van der Waals surface area contributed by atoms with Crippen LogP contribution in [0.15, 0.2) is 36.4 Å². The summed E-state index contributed by atoms with van der Waals surface area (Å²) in [6.07, 6.45) is 6.02. The van der Waals surface area contributed by atoms with Gasteiger partial charge in [-0.25, -0.2) is 4.79 Å². The van der Waals surface area contributed by atoms with E-state index in [1.54, 1.807) is 25.1 Å². The molecular weight excluding hydrogens is 262 g/mol. The summed E-state index contributed by atoms with van der Waals surface area (Å²) in [5.41, 5.74) is 0.523. The minimum atomic E-state index is -0.509. The molecule has 0 heterocycles. The van der Waals surface area contributed by atoms with Crippen molar-refractivity contribution in [3.63, 3.8) is 0 Å². The van der Waals surface area contributed by atoms with Crippen molar-refractivity contribution in [1.82, 2.24) is 0 Å². The lowest BCUT2D eigenvalue weighted by Gasteiger charge is -2.01. The largest absolute Gasteiger partial charge is 0.490 e. The maximum Gasteiger partial charge on any atom is 0.330 e. The third-order valence-electron chi connectivity index (χ3n) is 2.32. The maximum absolute atomic E-state index is 11.0. The van der Waals surface area contributed by atoms with Gasteiger partial charge in [-0.3, -0.25) is 10.1 Å². The first kappa shape index (κ1) is 15.4. The molecule has 0 unspecified atom stereocenters. The van der Waals surface area contributed by atoms with Crippen LogP contribution in [-0.4, -0.2) is 24.6 Å². The standard InChI is InChI=1S/C14H15NO5/c1-3-20-14(16)7-5-4-6-11-8-9-13(19-2)12(10-11)15(17)18/h4-10H,3H2,1-2H3/b6-4+,7-5+. The summed E-state index contributed by atoms with van der Waals surface area (Å²) in [5.74, 6) is -0.230. The molecule has 0 aromatic heterocycles. The second-order valence-electron chi connectivity index (χ2n) is 3.66. The van der Waals surface area contributed by atoms with Crippen molar-refractivity contribution >= 4 is 17.7 Å². The number of carbonyl (C=O) groups excluding carboxylic acids is 1. The summed E-state index contributed by atoms with van der Waals surface area (Å²) in [6.45, 7) is 2.04. The summed E-state index contributed by atoms with van der Waals surface area (Å²) in [4.78, 5) is 21.4. The maximum atomic E-state index is 11.0. The van der Waals surface area contributed by atoms with Crippen LogP contribution in [0.5, 0.6) is 5.75 Å². The highest BCUT2D eigenvalue weighted by atomic mass is 16.6. The Morgan fingerprint density at radius 3 is 2.75 bits per heavy atom. The monoisotopic (exact) mass is 277 g/mol. The van der Waals surface area contributed by atoms with E-state index >= 15 is 0 Å². The van der Waals surface area contributed by atoms with Gasteiger partial charge in [0.2, 0.25) is 0 Å². The van der Waals surface area contributed by atoms with Gasteiger partial charge >= 0.3 is 11.7 Å². The Bertz CT molecular complexity index is 548. The molecule has 0 fully saturated rings. The quantitative estimate of drug-likeness (QED) is 0.262. The number of esters is 1. The fraction of sp³-hybridized carbons (Fsp3) is 0.214. The van der Waals surface area contributed by atoms with E-state index in [0.29, 0.717) is 12.2 Å². The van der Waals surface area contributed by atoms with Gasteiger partial charge < -0.3 is 9.47 Å². The lowest BCUT2D eigenvalue weighted by Crippen LogP contribution is -1.98. The average Bonchev–Trinajstić information content (AvgIpc) is 2.43. The Hall–Kier alpha value is -2.63. The summed E-state index contributed by atoms with van der Waals surface area (Å²) in [7, 11) is 1.37. The molecule has 1 aromatic carbocycles. The average molecular weight is 277 g/mol. The topological polar surface area (TPSA) is 78.7 Å². The highest BCUT2D eigenvalue weighted by Crippen LogP contribution is 2.27. The number of nitro benzene ring substituents is 1. The lowest BCUT2D eigenvalue weighted by molar-refractivity contribution is -0.385. The predicted molar refractivity (Wildman–Crippen MR) is 74.5 cm³/mol. The van der Waals surface area contributed by atoms with Gasteiger partial charge in [-0.1, -0.05) is 24.3 Å². The molecule has 20 heavy (non-hydrogen) atoms. The molecule has 1 rings (SSSR count). The lowest BCUT2D eigenvalue weighted by atomic mass is 10.1. The third-order valence-corrected chi connectivity index (χ3v) is 2.32. The van der Waals surface area contributed by atoms with Crippen molar-refractivity contribution in [2.24, 2.45) is 0 Å². The van der Waals surface area contributed by atoms with Gasteiger partial charge in [-0.2, -0.15) is 0 Å². The number of rotatable bonds is 6. The van der Waals surface area contributed by atoms with Crippen molar-refractivity contribution in [1.29, 1.82) is 0 Å². The van der Waals surface area contributed by atoms with Crippen molar-refractivity contribution in [2.75, 3.05) is 13.7 Å². The predicted octanol–water partition coefficient (Wildman–Crippen LogP) is 2.74. The molecule has 6 nitrogen and oxygen atoms in total. The Balaban J connectivity index is 2.80. The SMILES string of the molecule is CCOC(=O)/C=C/C=C/c1ccc(OC)c([N+](=O)[O-])c1. The van der Waals surface area contributed by atoms with E-state index in [2.05, 4.69) is 0 Å². The molecule has 106 valence electrons. The van der Waals surface area contributed by atoms with E-state index in [9.17, 15) is 14.9 Å². The minimum absolute atomic E-state index is 0.107. The number of carbonyl (C=O) groups is 1. The van der Waals surface area contributed by atoms with Crippen LogP contribution in [0.25, 0.3) is 6.08 Å². The van der Waals surface area contributed by atoms with Crippen LogP contribution in [0, 0.1) is 10.1 Å². The van der Waals surface area contributed by atoms with Gasteiger partial charge in [0, 0.05) is 12.1 Å². The van der Waals surface area contributed by atoms with E-state index < -0.39 is 10.9 Å². The smallest absolute Gasteiger partial charge is 0.330 e. The molecule has 0 aliphatic heterocycles. The Kier molecular flexibility index (Phi) is 5.96. The van der Waals surface area contributed by atoms with Crippen LogP contribution in [0.1, 0.15) is 12.5 Å². The molecule has 0 saturated carbocycles. The van der Waals surface area contributed by atoms with E-state index in [1.165, 1.54) is 31.4 Å². The normalized spacial score (nSPS) is 10.9. The molecule has 0 N–H and O–H groups in total. The first-order valence-corrected chi connectivity index (χ1v) is 5.92.